The largest absolute Gasteiger partial charge is 0.368 e. The molecule has 2 heteroatoms. The number of ether oxygens (including phenoxy) is 1. The highest BCUT2D eigenvalue weighted by Gasteiger charge is 2.13. The van der Waals surface area contributed by atoms with Crippen molar-refractivity contribution in [2.75, 3.05) is 26.3 Å². The Bertz CT molecular complexity index is 122. The minimum Gasteiger partial charge on any atom is -0.368 e. The van der Waals surface area contributed by atoms with E-state index in [2.05, 4.69) is 11.2 Å². The Morgan fingerprint density at radius 3 is 3.20 bits per heavy atom. The van der Waals surface area contributed by atoms with Gasteiger partial charge in [0.1, 0.15) is 6.61 Å². The number of hydrogen-bond donors (Lipinski definition) is 1. The summed E-state index contributed by atoms with van der Waals surface area (Å²) in [6, 6.07) is 0. The Labute approximate surface area is 62.0 Å². The molecule has 0 radical (unpaired) electrons. The fraction of sp³-hybridized carbons (Fsp3) is 0.750. The van der Waals surface area contributed by atoms with Gasteiger partial charge >= 0.3 is 0 Å². The Kier molecular flexibility index (Phi) is 3.28. The summed E-state index contributed by atoms with van der Waals surface area (Å²) in [5.41, 5.74) is 0. The second-order valence-electron chi connectivity index (χ2n) is 2.58. The van der Waals surface area contributed by atoms with Crippen LogP contribution < -0.4 is 5.32 Å². The second-order valence-corrected chi connectivity index (χ2v) is 2.58. The van der Waals surface area contributed by atoms with Gasteiger partial charge in [-0.3, -0.25) is 0 Å². The lowest BCUT2D eigenvalue weighted by Gasteiger charge is -2.05. The van der Waals surface area contributed by atoms with Gasteiger partial charge in [0.15, 0.2) is 0 Å². The van der Waals surface area contributed by atoms with E-state index in [-0.39, 0.29) is 0 Å². The first-order valence-electron chi connectivity index (χ1n) is 3.65. The minimum atomic E-state index is 0.455. The first-order valence-corrected chi connectivity index (χ1v) is 3.65. The number of hydrogen-bond acceptors (Lipinski definition) is 2. The molecule has 0 unspecified atom stereocenters. The lowest BCUT2D eigenvalue weighted by atomic mass is 10.1. The summed E-state index contributed by atoms with van der Waals surface area (Å²) in [4.78, 5) is 0. The summed E-state index contributed by atoms with van der Waals surface area (Å²) in [6.45, 7) is 3.49. The molecule has 1 heterocycles. The SMILES string of the molecule is C#CCOC[C@@H]1CCNC1. The summed E-state index contributed by atoms with van der Waals surface area (Å²) < 4.78 is 5.19. The van der Waals surface area contributed by atoms with Crippen LogP contribution in [0.1, 0.15) is 6.42 Å². The van der Waals surface area contributed by atoms with Gasteiger partial charge in [-0.1, -0.05) is 5.92 Å². The molecule has 0 amide bonds. The van der Waals surface area contributed by atoms with E-state index >= 15 is 0 Å². The van der Waals surface area contributed by atoms with Crippen molar-refractivity contribution in [3.05, 3.63) is 0 Å². The second kappa shape index (κ2) is 4.32. The molecular weight excluding hydrogens is 126 g/mol. The van der Waals surface area contributed by atoms with Gasteiger partial charge < -0.3 is 10.1 Å². The predicted molar refractivity (Wildman–Crippen MR) is 40.6 cm³/mol. The molecule has 1 aliphatic heterocycles. The summed E-state index contributed by atoms with van der Waals surface area (Å²) in [6.07, 6.45) is 6.25. The van der Waals surface area contributed by atoms with E-state index < -0.39 is 0 Å². The predicted octanol–water partition coefficient (Wildman–Crippen LogP) is 0.246. The molecule has 56 valence electrons. The molecule has 0 aliphatic carbocycles. The Balaban J connectivity index is 1.97. The third-order valence-electron chi connectivity index (χ3n) is 1.70. The van der Waals surface area contributed by atoms with Crippen LogP contribution in [0, 0.1) is 18.3 Å². The fourth-order valence-electron chi connectivity index (χ4n) is 1.14. The maximum Gasteiger partial charge on any atom is 0.107 e. The van der Waals surface area contributed by atoms with E-state index in [1.807, 2.05) is 0 Å². The molecule has 1 N–H and O–H groups in total. The minimum absolute atomic E-state index is 0.455. The molecule has 1 saturated heterocycles. The zero-order chi connectivity index (χ0) is 7.23. The van der Waals surface area contributed by atoms with Crippen LogP contribution in [0.15, 0.2) is 0 Å². The van der Waals surface area contributed by atoms with Gasteiger partial charge in [0.2, 0.25) is 0 Å². The van der Waals surface area contributed by atoms with Crippen molar-refractivity contribution in [1.82, 2.24) is 5.32 Å². The maximum atomic E-state index is 5.19. The van der Waals surface area contributed by atoms with Crippen LogP contribution in [0.4, 0.5) is 0 Å². The summed E-state index contributed by atoms with van der Waals surface area (Å²) in [7, 11) is 0. The van der Waals surface area contributed by atoms with Crippen LogP contribution in [-0.4, -0.2) is 26.3 Å². The summed E-state index contributed by atoms with van der Waals surface area (Å²) in [5.74, 6) is 3.14. The van der Waals surface area contributed by atoms with E-state index in [1.165, 1.54) is 6.42 Å². The quantitative estimate of drug-likeness (QED) is 0.447. The number of nitrogens with one attached hydrogen (secondary N) is 1. The van der Waals surface area contributed by atoms with Crippen molar-refractivity contribution in [3.8, 4) is 12.3 Å². The van der Waals surface area contributed by atoms with Crippen LogP contribution in [0.2, 0.25) is 0 Å². The normalized spacial score (nSPS) is 24.5. The van der Waals surface area contributed by atoms with E-state index in [0.717, 1.165) is 19.7 Å². The van der Waals surface area contributed by atoms with Crippen LogP contribution in [-0.2, 0) is 4.74 Å². The third-order valence-corrected chi connectivity index (χ3v) is 1.70. The molecule has 1 atom stereocenters. The lowest BCUT2D eigenvalue weighted by molar-refractivity contribution is 0.133. The molecule has 0 bridgehead atoms. The fourth-order valence-corrected chi connectivity index (χ4v) is 1.14. The first-order chi connectivity index (χ1) is 4.93. The van der Waals surface area contributed by atoms with Gasteiger partial charge in [-0.25, -0.2) is 0 Å². The zero-order valence-electron chi connectivity index (χ0n) is 6.10. The van der Waals surface area contributed by atoms with Crippen LogP contribution >= 0.6 is 0 Å². The molecule has 0 aromatic rings. The topological polar surface area (TPSA) is 21.3 Å². The Morgan fingerprint density at radius 1 is 1.70 bits per heavy atom. The first kappa shape index (κ1) is 7.59. The van der Waals surface area contributed by atoms with Gasteiger partial charge in [-0.2, -0.15) is 0 Å². The lowest BCUT2D eigenvalue weighted by Crippen LogP contribution is -2.13. The highest BCUT2D eigenvalue weighted by Crippen LogP contribution is 2.06. The molecule has 0 saturated carbocycles. The van der Waals surface area contributed by atoms with Crippen LogP contribution in [0.5, 0.6) is 0 Å². The average molecular weight is 139 g/mol. The molecule has 0 aromatic carbocycles. The Hall–Kier alpha value is -0.520. The molecule has 2 nitrogen and oxygen atoms in total. The van der Waals surface area contributed by atoms with Gasteiger partial charge in [0.25, 0.3) is 0 Å². The van der Waals surface area contributed by atoms with E-state index in [0.29, 0.717) is 12.5 Å². The van der Waals surface area contributed by atoms with Crippen molar-refractivity contribution in [1.29, 1.82) is 0 Å². The average Bonchev–Trinajstić information content (AvgIpc) is 2.41. The Morgan fingerprint density at radius 2 is 2.60 bits per heavy atom. The van der Waals surface area contributed by atoms with Gasteiger partial charge in [0.05, 0.1) is 6.61 Å². The van der Waals surface area contributed by atoms with Crippen molar-refractivity contribution in [3.63, 3.8) is 0 Å². The molecule has 1 fully saturated rings. The number of rotatable bonds is 3. The smallest absolute Gasteiger partial charge is 0.107 e. The monoisotopic (exact) mass is 139 g/mol. The molecule has 0 aromatic heterocycles. The standard InChI is InChI=1S/C8H13NO/c1-2-5-10-7-8-3-4-9-6-8/h1,8-9H,3-7H2/t8-/m1/s1. The maximum absolute atomic E-state index is 5.19. The highest BCUT2D eigenvalue weighted by molar-refractivity contribution is 4.83. The van der Waals surface area contributed by atoms with Crippen molar-refractivity contribution < 1.29 is 4.74 Å². The van der Waals surface area contributed by atoms with Crippen molar-refractivity contribution in [2.24, 2.45) is 5.92 Å². The molecule has 1 aliphatic rings. The number of terminal acetylenes is 1. The van der Waals surface area contributed by atoms with Crippen LogP contribution in [0.3, 0.4) is 0 Å². The molecule has 1 rings (SSSR count). The zero-order valence-corrected chi connectivity index (χ0v) is 6.10. The molecule has 0 spiro atoms. The van der Waals surface area contributed by atoms with Gasteiger partial charge in [-0.15, -0.1) is 6.42 Å². The third kappa shape index (κ3) is 2.38. The molecular formula is C8H13NO. The summed E-state index contributed by atoms with van der Waals surface area (Å²) >= 11 is 0. The highest BCUT2D eigenvalue weighted by atomic mass is 16.5. The molecule has 10 heavy (non-hydrogen) atoms. The van der Waals surface area contributed by atoms with Crippen LogP contribution in [0.25, 0.3) is 0 Å². The van der Waals surface area contributed by atoms with Gasteiger partial charge in [0, 0.05) is 6.54 Å². The van der Waals surface area contributed by atoms with E-state index in [1.54, 1.807) is 0 Å². The van der Waals surface area contributed by atoms with E-state index in [9.17, 15) is 0 Å². The van der Waals surface area contributed by atoms with Gasteiger partial charge in [-0.05, 0) is 18.9 Å². The summed E-state index contributed by atoms with van der Waals surface area (Å²) in [5, 5.41) is 3.27. The van der Waals surface area contributed by atoms with Crippen molar-refractivity contribution >= 4 is 0 Å². The van der Waals surface area contributed by atoms with E-state index in [4.69, 9.17) is 11.2 Å². The van der Waals surface area contributed by atoms with Crippen molar-refractivity contribution in [2.45, 2.75) is 6.42 Å².